The second-order valence-electron chi connectivity index (χ2n) is 7.25. The van der Waals surface area contributed by atoms with Crippen LogP contribution in [0.3, 0.4) is 0 Å². The molecule has 1 heterocycles. The zero-order valence-electron chi connectivity index (χ0n) is 18.7. The number of carbonyl (C=O) groups excluding carboxylic acids is 2. The highest BCUT2D eigenvalue weighted by Crippen LogP contribution is 2.22. The van der Waals surface area contributed by atoms with E-state index in [1.165, 1.54) is 11.8 Å². The average Bonchev–Trinajstić information content (AvgIpc) is 3.21. The van der Waals surface area contributed by atoms with Gasteiger partial charge in [0.15, 0.2) is 11.0 Å². The molecule has 1 unspecified atom stereocenters. The second kappa shape index (κ2) is 11.7. The van der Waals surface area contributed by atoms with Crippen LogP contribution < -0.4 is 15.4 Å². The molecule has 0 fully saturated rings. The standard InChI is InChI=1S/C23H26ClN5O3S/c1-4-29-22(15(2)25-20(30)12-16-8-10-19(32-3)11-9-16)27-28-23(29)33-14-21(31)26-18-7-5-6-17(24)13-18/h5-11,13,15H,4,12,14H2,1-3H3,(H,25,30)(H,26,31). The van der Waals surface area contributed by atoms with Gasteiger partial charge in [0.2, 0.25) is 11.8 Å². The number of halogens is 1. The lowest BCUT2D eigenvalue weighted by Crippen LogP contribution is -2.30. The minimum Gasteiger partial charge on any atom is -0.497 e. The number of nitrogens with zero attached hydrogens (tertiary/aromatic N) is 3. The van der Waals surface area contributed by atoms with Gasteiger partial charge in [-0.25, -0.2) is 0 Å². The molecule has 33 heavy (non-hydrogen) atoms. The van der Waals surface area contributed by atoms with Gasteiger partial charge in [0.25, 0.3) is 0 Å². The molecule has 2 aromatic carbocycles. The van der Waals surface area contributed by atoms with Crippen molar-refractivity contribution in [3.63, 3.8) is 0 Å². The highest BCUT2D eigenvalue weighted by Gasteiger charge is 2.20. The molecule has 3 rings (SSSR count). The second-order valence-corrected chi connectivity index (χ2v) is 8.63. The lowest BCUT2D eigenvalue weighted by atomic mass is 10.1. The molecule has 1 aromatic heterocycles. The topological polar surface area (TPSA) is 98.1 Å². The number of carbonyl (C=O) groups is 2. The van der Waals surface area contributed by atoms with Gasteiger partial charge in [-0.3, -0.25) is 9.59 Å². The predicted octanol–water partition coefficient (Wildman–Crippen LogP) is 4.11. The van der Waals surface area contributed by atoms with Crippen LogP contribution in [0.15, 0.2) is 53.7 Å². The fourth-order valence-corrected chi connectivity index (χ4v) is 4.20. The van der Waals surface area contributed by atoms with Gasteiger partial charge in [-0.1, -0.05) is 41.6 Å². The molecule has 0 aliphatic carbocycles. The molecular weight excluding hydrogens is 462 g/mol. The van der Waals surface area contributed by atoms with E-state index in [1.54, 1.807) is 31.4 Å². The molecule has 0 saturated heterocycles. The van der Waals surface area contributed by atoms with Crippen molar-refractivity contribution in [3.8, 4) is 5.75 Å². The summed E-state index contributed by atoms with van der Waals surface area (Å²) >= 11 is 7.24. The maximum Gasteiger partial charge on any atom is 0.234 e. The van der Waals surface area contributed by atoms with Crippen molar-refractivity contribution in [2.45, 2.75) is 38.0 Å². The first-order chi connectivity index (χ1) is 15.9. The van der Waals surface area contributed by atoms with Gasteiger partial charge in [-0.05, 0) is 49.7 Å². The van der Waals surface area contributed by atoms with E-state index in [0.717, 1.165) is 11.3 Å². The van der Waals surface area contributed by atoms with E-state index in [0.29, 0.717) is 28.2 Å². The smallest absolute Gasteiger partial charge is 0.234 e. The Balaban J connectivity index is 1.56. The Morgan fingerprint density at radius 2 is 1.91 bits per heavy atom. The maximum absolute atomic E-state index is 12.5. The van der Waals surface area contributed by atoms with Crippen molar-refractivity contribution in [3.05, 3.63) is 64.9 Å². The molecule has 0 spiro atoms. The van der Waals surface area contributed by atoms with Gasteiger partial charge < -0.3 is 19.9 Å². The highest BCUT2D eigenvalue weighted by molar-refractivity contribution is 7.99. The van der Waals surface area contributed by atoms with Crippen LogP contribution in [0.25, 0.3) is 0 Å². The molecule has 0 saturated carbocycles. The Morgan fingerprint density at radius 3 is 2.58 bits per heavy atom. The molecule has 0 bridgehead atoms. The van der Waals surface area contributed by atoms with Crippen LogP contribution in [0.4, 0.5) is 5.69 Å². The average molecular weight is 488 g/mol. The van der Waals surface area contributed by atoms with Crippen LogP contribution >= 0.6 is 23.4 Å². The first-order valence-corrected chi connectivity index (χ1v) is 11.8. The summed E-state index contributed by atoms with van der Waals surface area (Å²) in [6, 6.07) is 14.0. The number of methoxy groups -OCH3 is 1. The number of hydrogen-bond acceptors (Lipinski definition) is 6. The zero-order chi connectivity index (χ0) is 23.8. The van der Waals surface area contributed by atoms with Crippen LogP contribution in [0.2, 0.25) is 5.02 Å². The first-order valence-electron chi connectivity index (χ1n) is 10.4. The monoisotopic (exact) mass is 487 g/mol. The fraction of sp³-hybridized carbons (Fsp3) is 0.304. The summed E-state index contributed by atoms with van der Waals surface area (Å²) < 4.78 is 7.04. The fourth-order valence-electron chi connectivity index (χ4n) is 3.20. The van der Waals surface area contributed by atoms with E-state index < -0.39 is 0 Å². The number of amides is 2. The van der Waals surface area contributed by atoms with E-state index in [2.05, 4.69) is 20.8 Å². The van der Waals surface area contributed by atoms with Gasteiger partial charge in [-0.15, -0.1) is 10.2 Å². The molecule has 0 aliphatic rings. The quantitative estimate of drug-likeness (QED) is 0.417. The summed E-state index contributed by atoms with van der Waals surface area (Å²) in [5.74, 6) is 1.26. The number of ether oxygens (including phenoxy) is 1. The normalized spacial score (nSPS) is 11.6. The molecule has 0 aliphatic heterocycles. The van der Waals surface area contributed by atoms with Crippen LogP contribution in [0.5, 0.6) is 5.75 Å². The van der Waals surface area contributed by atoms with Gasteiger partial charge in [0, 0.05) is 17.3 Å². The van der Waals surface area contributed by atoms with Crippen molar-refractivity contribution in [1.29, 1.82) is 0 Å². The van der Waals surface area contributed by atoms with Gasteiger partial charge >= 0.3 is 0 Å². The van der Waals surface area contributed by atoms with Crippen LogP contribution in [0, 0.1) is 0 Å². The van der Waals surface area contributed by atoms with E-state index in [1.807, 2.05) is 42.7 Å². The Hall–Kier alpha value is -3.04. The molecule has 8 nitrogen and oxygen atoms in total. The number of thioether (sulfide) groups is 1. The van der Waals surface area contributed by atoms with Crippen molar-refractivity contribution in [1.82, 2.24) is 20.1 Å². The van der Waals surface area contributed by atoms with Crippen molar-refractivity contribution < 1.29 is 14.3 Å². The lowest BCUT2D eigenvalue weighted by molar-refractivity contribution is -0.121. The van der Waals surface area contributed by atoms with Crippen molar-refractivity contribution >= 4 is 40.9 Å². The van der Waals surface area contributed by atoms with Crippen LogP contribution in [-0.4, -0.2) is 39.4 Å². The summed E-state index contributed by atoms with van der Waals surface area (Å²) in [6.45, 7) is 4.44. The van der Waals surface area contributed by atoms with Gasteiger partial charge in [0.05, 0.1) is 25.3 Å². The zero-order valence-corrected chi connectivity index (χ0v) is 20.2. The Kier molecular flexibility index (Phi) is 8.73. The number of rotatable bonds is 10. The number of anilines is 1. The summed E-state index contributed by atoms with van der Waals surface area (Å²) in [7, 11) is 1.60. The van der Waals surface area contributed by atoms with Crippen LogP contribution in [0.1, 0.15) is 31.3 Å². The highest BCUT2D eigenvalue weighted by atomic mass is 35.5. The van der Waals surface area contributed by atoms with Crippen LogP contribution in [-0.2, 0) is 22.6 Å². The van der Waals surface area contributed by atoms with Gasteiger partial charge in [0.1, 0.15) is 5.75 Å². The third-order valence-corrected chi connectivity index (χ3v) is 5.99. The summed E-state index contributed by atoms with van der Waals surface area (Å²) in [6.07, 6.45) is 0.250. The van der Waals surface area contributed by atoms with E-state index in [4.69, 9.17) is 16.3 Å². The van der Waals surface area contributed by atoms with Crippen molar-refractivity contribution in [2.24, 2.45) is 0 Å². The minimum absolute atomic E-state index is 0.117. The molecule has 3 aromatic rings. The Bertz CT molecular complexity index is 1100. The predicted molar refractivity (Wildman–Crippen MR) is 130 cm³/mol. The largest absolute Gasteiger partial charge is 0.497 e. The molecule has 174 valence electrons. The third kappa shape index (κ3) is 6.97. The summed E-state index contributed by atoms with van der Waals surface area (Å²) in [4.78, 5) is 24.8. The first kappa shape index (κ1) is 24.6. The summed E-state index contributed by atoms with van der Waals surface area (Å²) in [5.41, 5.74) is 1.53. The van der Waals surface area contributed by atoms with E-state index in [9.17, 15) is 9.59 Å². The molecule has 10 heteroatoms. The third-order valence-electron chi connectivity index (χ3n) is 4.79. The SMILES string of the molecule is CCn1c(SCC(=O)Nc2cccc(Cl)c2)nnc1C(C)NC(=O)Cc1ccc(OC)cc1. The van der Waals surface area contributed by atoms with E-state index >= 15 is 0 Å². The molecule has 1 atom stereocenters. The number of aromatic nitrogens is 3. The number of benzene rings is 2. The Labute approximate surface area is 202 Å². The van der Waals surface area contributed by atoms with Crippen molar-refractivity contribution in [2.75, 3.05) is 18.2 Å². The molecule has 2 amide bonds. The Morgan fingerprint density at radius 1 is 1.15 bits per heavy atom. The lowest BCUT2D eigenvalue weighted by Gasteiger charge is -2.15. The summed E-state index contributed by atoms with van der Waals surface area (Å²) in [5, 5.41) is 15.4. The van der Waals surface area contributed by atoms with E-state index in [-0.39, 0.29) is 30.0 Å². The molecule has 2 N–H and O–H groups in total. The van der Waals surface area contributed by atoms with Gasteiger partial charge in [-0.2, -0.15) is 0 Å². The minimum atomic E-state index is -0.335. The number of nitrogens with one attached hydrogen (secondary N) is 2. The molecule has 0 radical (unpaired) electrons. The number of hydrogen-bond donors (Lipinski definition) is 2. The maximum atomic E-state index is 12.5. The molecular formula is C23H26ClN5O3S.